The lowest BCUT2D eigenvalue weighted by Gasteiger charge is -2.40. The van der Waals surface area contributed by atoms with Gasteiger partial charge in [-0.25, -0.2) is 0 Å². The molecule has 434 valence electrons. The minimum absolute atomic E-state index is 0.0536. The van der Waals surface area contributed by atoms with E-state index in [1.807, 2.05) is 19.1 Å². The lowest BCUT2D eigenvalue weighted by molar-refractivity contribution is -0.302. The number of aliphatic hydroxyl groups excluding tert-OH is 5. The molecule has 0 aromatic rings. The van der Waals surface area contributed by atoms with Crippen molar-refractivity contribution in [2.24, 2.45) is 0 Å². The molecule has 1 fully saturated rings. The number of ether oxygens (including phenoxy) is 3. The first-order chi connectivity index (χ1) is 36.7. The molecule has 1 saturated heterocycles. The first kappa shape index (κ1) is 70.1. The van der Waals surface area contributed by atoms with Crippen LogP contribution in [0.4, 0.5) is 0 Å². The van der Waals surface area contributed by atoms with Crippen LogP contribution < -0.4 is 5.32 Å². The van der Waals surface area contributed by atoms with Crippen molar-refractivity contribution < 1.29 is 49.3 Å². The second-order valence-corrected chi connectivity index (χ2v) is 21.0. The maximum absolute atomic E-state index is 13.0. The number of rotatable bonds is 52. The van der Waals surface area contributed by atoms with Gasteiger partial charge in [-0.3, -0.25) is 9.59 Å². The minimum Gasteiger partial charge on any atom is -0.465 e. The number of allylic oxidation sites excluding steroid dienone is 10. The highest BCUT2D eigenvalue weighted by atomic mass is 16.7. The SMILES string of the molecule is C/C=C/CC/C=C/CC/C=C/C(O)C(COC1OC(CO)C(O)C(O)C1O)NC(=O)CCCCCCCCCCCCCCCC/C=C\C/C=C\CCOC(=O)CCCCCCCCC/C=C\CCCCCCCC. The van der Waals surface area contributed by atoms with Gasteiger partial charge in [-0.15, -0.1) is 0 Å². The van der Waals surface area contributed by atoms with Gasteiger partial charge in [-0.05, 0) is 96.8 Å². The van der Waals surface area contributed by atoms with Crippen LogP contribution in [0.2, 0.25) is 0 Å². The van der Waals surface area contributed by atoms with E-state index in [1.54, 1.807) is 6.08 Å². The van der Waals surface area contributed by atoms with Crippen LogP contribution in [0.1, 0.15) is 258 Å². The van der Waals surface area contributed by atoms with Crippen LogP contribution in [-0.2, 0) is 23.8 Å². The lowest BCUT2D eigenvalue weighted by Crippen LogP contribution is -2.60. The van der Waals surface area contributed by atoms with Crippen molar-refractivity contribution >= 4 is 11.9 Å². The Bertz CT molecular complexity index is 1470. The van der Waals surface area contributed by atoms with Crippen LogP contribution in [0.15, 0.2) is 72.9 Å². The maximum Gasteiger partial charge on any atom is 0.305 e. The van der Waals surface area contributed by atoms with Crippen molar-refractivity contribution in [1.82, 2.24) is 5.32 Å². The normalized spacial score (nSPS) is 19.3. The molecule has 7 atom stereocenters. The molecule has 0 aromatic carbocycles. The number of hydrogen-bond donors (Lipinski definition) is 6. The Hall–Kier alpha value is -2.90. The van der Waals surface area contributed by atoms with Gasteiger partial charge in [0.1, 0.15) is 24.4 Å². The first-order valence-electron chi connectivity index (χ1n) is 30.7. The van der Waals surface area contributed by atoms with E-state index in [1.165, 1.54) is 148 Å². The highest BCUT2D eigenvalue weighted by Crippen LogP contribution is 2.23. The summed E-state index contributed by atoms with van der Waals surface area (Å²) in [6.45, 7) is 3.96. The highest BCUT2D eigenvalue weighted by molar-refractivity contribution is 5.76. The van der Waals surface area contributed by atoms with Crippen molar-refractivity contribution in [2.45, 2.75) is 301 Å². The van der Waals surface area contributed by atoms with E-state index >= 15 is 0 Å². The van der Waals surface area contributed by atoms with E-state index in [0.717, 1.165) is 77.0 Å². The molecule has 0 aliphatic carbocycles. The van der Waals surface area contributed by atoms with Gasteiger partial charge in [0, 0.05) is 12.8 Å². The lowest BCUT2D eigenvalue weighted by atomic mass is 9.99. The predicted octanol–water partition coefficient (Wildman–Crippen LogP) is 14.4. The number of unbranched alkanes of at least 4 members (excludes halogenated alkanes) is 29. The molecular weight excluding hydrogens is 943 g/mol. The van der Waals surface area contributed by atoms with E-state index in [9.17, 15) is 35.1 Å². The van der Waals surface area contributed by atoms with Gasteiger partial charge in [-0.2, -0.15) is 0 Å². The summed E-state index contributed by atoms with van der Waals surface area (Å²) in [7, 11) is 0. The van der Waals surface area contributed by atoms with E-state index in [4.69, 9.17) is 14.2 Å². The Labute approximate surface area is 458 Å². The van der Waals surface area contributed by atoms with E-state index < -0.39 is 49.5 Å². The van der Waals surface area contributed by atoms with Gasteiger partial charge in [0.25, 0.3) is 0 Å². The van der Waals surface area contributed by atoms with Crippen LogP contribution in [0.5, 0.6) is 0 Å². The number of aliphatic hydroxyl groups is 5. The number of carbonyl (C=O) groups is 2. The van der Waals surface area contributed by atoms with Gasteiger partial charge in [0.05, 0.1) is 32.0 Å². The highest BCUT2D eigenvalue weighted by Gasteiger charge is 2.44. The molecule has 0 bridgehead atoms. The molecule has 1 rings (SSSR count). The predicted molar refractivity (Wildman–Crippen MR) is 310 cm³/mol. The zero-order chi connectivity index (χ0) is 54.5. The molecule has 75 heavy (non-hydrogen) atoms. The monoisotopic (exact) mass is 1060 g/mol. The average molecular weight is 1060 g/mol. The minimum atomic E-state index is -1.58. The van der Waals surface area contributed by atoms with Gasteiger partial charge in [0.2, 0.25) is 5.91 Å². The maximum atomic E-state index is 13.0. The molecule has 0 saturated carbocycles. The molecular formula is C64H113NO10. The summed E-state index contributed by atoms with van der Waals surface area (Å²) in [6, 6.07) is -0.839. The van der Waals surface area contributed by atoms with Crippen molar-refractivity contribution in [3.8, 4) is 0 Å². The van der Waals surface area contributed by atoms with E-state index in [2.05, 4.69) is 66.9 Å². The third kappa shape index (κ3) is 42.8. The van der Waals surface area contributed by atoms with Crippen molar-refractivity contribution in [3.05, 3.63) is 72.9 Å². The zero-order valence-electron chi connectivity index (χ0n) is 47.7. The number of carbonyl (C=O) groups excluding carboxylic acids is 2. The van der Waals surface area contributed by atoms with Crippen LogP contribution in [0.3, 0.4) is 0 Å². The van der Waals surface area contributed by atoms with Gasteiger partial charge >= 0.3 is 5.97 Å². The molecule has 11 nitrogen and oxygen atoms in total. The van der Waals surface area contributed by atoms with Crippen LogP contribution in [0.25, 0.3) is 0 Å². The second-order valence-electron chi connectivity index (χ2n) is 21.0. The molecule has 1 heterocycles. The molecule has 0 aromatic heterocycles. The van der Waals surface area contributed by atoms with E-state index in [-0.39, 0.29) is 18.5 Å². The summed E-state index contributed by atoms with van der Waals surface area (Å²) in [4.78, 5) is 25.0. The van der Waals surface area contributed by atoms with Crippen molar-refractivity contribution in [2.75, 3.05) is 19.8 Å². The van der Waals surface area contributed by atoms with Gasteiger partial charge < -0.3 is 45.1 Å². The topological polar surface area (TPSA) is 175 Å². The summed E-state index contributed by atoms with van der Waals surface area (Å²) in [5, 5.41) is 54.1. The molecule has 0 spiro atoms. The van der Waals surface area contributed by atoms with Gasteiger partial charge in [0.15, 0.2) is 6.29 Å². The summed E-state index contributed by atoms with van der Waals surface area (Å²) in [5.41, 5.74) is 0. The Morgan fingerprint density at radius 2 is 0.960 bits per heavy atom. The average Bonchev–Trinajstić information content (AvgIpc) is 3.41. The third-order valence-corrected chi connectivity index (χ3v) is 14.1. The Kier molecular flexibility index (Phi) is 49.7. The second kappa shape index (κ2) is 53.1. The number of amides is 1. The molecule has 11 heteroatoms. The fraction of sp³-hybridized carbons (Fsp3) is 0.781. The quantitative estimate of drug-likeness (QED) is 0.0195. The Balaban J connectivity index is 2.02. The number of hydrogen-bond acceptors (Lipinski definition) is 10. The van der Waals surface area contributed by atoms with E-state index in [0.29, 0.717) is 25.9 Å². The first-order valence-corrected chi connectivity index (χ1v) is 30.7. The summed E-state index contributed by atoms with van der Waals surface area (Å²) in [6.07, 6.45) is 60.5. The Morgan fingerprint density at radius 3 is 1.48 bits per heavy atom. The van der Waals surface area contributed by atoms with Gasteiger partial charge in [-0.1, -0.05) is 221 Å². The largest absolute Gasteiger partial charge is 0.465 e. The standard InChI is InChI=1S/C64H113NO10/c1-3-5-7-9-11-13-14-15-16-22-26-29-32-36-40-44-48-52-60(69)73-53-49-45-41-37-33-30-27-24-21-19-17-18-20-23-25-28-31-35-39-43-47-51-59(68)65-56(57(67)50-46-42-38-34-12-10-8-6-4-2)55-74-64-63(72)62(71)61(70)58(54-66)75-64/h4,6,12,15-16,30,33-34,41,45-46,50,56-58,61-64,66-67,70-72H,3,5,7-11,13-14,17-29,31-32,35-40,42-44,47-49,51-55H2,1-2H3,(H,65,68)/b6-4+,16-15-,33-30-,34-12+,45-41-,50-46+. The van der Waals surface area contributed by atoms with Crippen molar-refractivity contribution in [3.63, 3.8) is 0 Å². The molecule has 7 unspecified atom stereocenters. The zero-order valence-corrected chi connectivity index (χ0v) is 47.7. The Morgan fingerprint density at radius 1 is 0.520 bits per heavy atom. The summed E-state index contributed by atoms with van der Waals surface area (Å²) >= 11 is 0. The van der Waals surface area contributed by atoms with Crippen LogP contribution in [0, 0.1) is 0 Å². The van der Waals surface area contributed by atoms with Crippen LogP contribution >= 0.6 is 0 Å². The molecule has 6 N–H and O–H groups in total. The fourth-order valence-electron chi connectivity index (χ4n) is 9.25. The number of nitrogens with one attached hydrogen (secondary N) is 1. The smallest absolute Gasteiger partial charge is 0.305 e. The molecule has 1 aliphatic rings. The summed E-state index contributed by atoms with van der Waals surface area (Å²) < 4.78 is 16.6. The fourth-order valence-corrected chi connectivity index (χ4v) is 9.25. The molecule has 1 amide bonds. The molecule has 0 radical (unpaired) electrons. The van der Waals surface area contributed by atoms with Crippen LogP contribution in [-0.4, -0.2) is 100 Å². The third-order valence-electron chi connectivity index (χ3n) is 14.1. The van der Waals surface area contributed by atoms with Crippen molar-refractivity contribution in [1.29, 1.82) is 0 Å². The summed E-state index contributed by atoms with van der Waals surface area (Å²) in [5.74, 6) is -0.259. The number of esters is 1. The molecule has 1 aliphatic heterocycles.